The smallest absolute Gasteiger partial charge is 0.264 e. The molecule has 9 nitrogen and oxygen atoms in total. The quantitative estimate of drug-likeness (QED) is 0.183. The van der Waals surface area contributed by atoms with Crippen LogP contribution in [0.4, 0.5) is 5.69 Å². The minimum Gasteiger partial charge on any atom is -0.497 e. The predicted octanol–water partition coefficient (Wildman–Crippen LogP) is 5.84. The predicted molar refractivity (Wildman–Crippen MR) is 184 cm³/mol. The summed E-state index contributed by atoms with van der Waals surface area (Å²) in [6.07, 6.45) is 0.215. The van der Waals surface area contributed by atoms with E-state index in [0.29, 0.717) is 18.1 Å². The van der Waals surface area contributed by atoms with E-state index in [2.05, 4.69) is 5.32 Å². The van der Waals surface area contributed by atoms with Crippen LogP contribution in [0.5, 0.6) is 11.5 Å². The van der Waals surface area contributed by atoms with Gasteiger partial charge in [0, 0.05) is 18.5 Å². The number of rotatable bonds is 14. The van der Waals surface area contributed by atoms with E-state index in [0.717, 1.165) is 15.4 Å². The maximum atomic E-state index is 14.6. The number of methoxy groups -OCH3 is 1. The molecule has 1 atom stereocenters. The molecule has 10 heteroatoms. The summed E-state index contributed by atoms with van der Waals surface area (Å²) >= 11 is 0. The minimum atomic E-state index is -4.20. The van der Waals surface area contributed by atoms with E-state index in [-0.39, 0.29) is 29.5 Å². The average molecular weight is 658 g/mol. The second-order valence-electron chi connectivity index (χ2n) is 12.1. The molecule has 0 aliphatic carbocycles. The number of anilines is 1. The zero-order chi connectivity index (χ0) is 34.0. The summed E-state index contributed by atoms with van der Waals surface area (Å²) in [7, 11) is -2.64. The van der Waals surface area contributed by atoms with Crippen LogP contribution in [-0.4, -0.2) is 57.0 Å². The third-order valence-corrected chi connectivity index (χ3v) is 9.09. The topological polar surface area (TPSA) is 105 Å². The molecular formula is C37H43N3O6S. The average Bonchev–Trinajstić information content (AvgIpc) is 3.06. The third kappa shape index (κ3) is 9.59. The zero-order valence-electron chi connectivity index (χ0n) is 27.6. The number of nitrogens with zero attached hydrogens (tertiary/aromatic N) is 2. The first-order chi connectivity index (χ1) is 22.4. The second kappa shape index (κ2) is 15.6. The lowest BCUT2D eigenvalue weighted by Crippen LogP contribution is -2.56. The molecule has 0 fully saturated rings. The van der Waals surface area contributed by atoms with E-state index in [1.165, 1.54) is 17.0 Å². The van der Waals surface area contributed by atoms with E-state index in [1.807, 2.05) is 70.2 Å². The lowest BCUT2D eigenvalue weighted by molar-refractivity contribution is -0.140. The summed E-state index contributed by atoms with van der Waals surface area (Å²) in [6.45, 7) is 7.41. The van der Waals surface area contributed by atoms with Crippen molar-refractivity contribution < 1.29 is 27.5 Å². The van der Waals surface area contributed by atoms with Gasteiger partial charge in [-0.2, -0.15) is 0 Å². The first kappa shape index (κ1) is 35.0. The molecule has 0 saturated heterocycles. The Hall–Kier alpha value is -4.83. The number of hydrogen-bond acceptors (Lipinski definition) is 6. The van der Waals surface area contributed by atoms with Gasteiger partial charge in [-0.1, -0.05) is 60.7 Å². The number of hydrogen-bond donors (Lipinski definition) is 1. The van der Waals surface area contributed by atoms with Crippen LogP contribution in [0.1, 0.15) is 38.8 Å². The van der Waals surface area contributed by atoms with Crippen LogP contribution in [0.2, 0.25) is 0 Å². The molecule has 248 valence electrons. The van der Waals surface area contributed by atoms with Gasteiger partial charge in [-0.15, -0.1) is 0 Å². The highest BCUT2D eigenvalue weighted by atomic mass is 32.2. The summed E-state index contributed by atoms with van der Waals surface area (Å²) in [5.41, 5.74) is 1.27. The van der Waals surface area contributed by atoms with Crippen molar-refractivity contribution >= 4 is 27.5 Å². The summed E-state index contributed by atoms with van der Waals surface area (Å²) < 4.78 is 40.4. The van der Waals surface area contributed by atoms with Gasteiger partial charge in [0.1, 0.15) is 24.1 Å². The Bertz CT molecular complexity index is 1720. The molecule has 0 aliphatic rings. The van der Waals surface area contributed by atoms with E-state index < -0.39 is 34.1 Å². The number of carbonyl (C=O) groups excluding carboxylic acids is 2. The van der Waals surface area contributed by atoms with Gasteiger partial charge >= 0.3 is 0 Å². The maximum absolute atomic E-state index is 14.6. The van der Waals surface area contributed by atoms with Crippen molar-refractivity contribution in [1.82, 2.24) is 10.2 Å². The van der Waals surface area contributed by atoms with Crippen molar-refractivity contribution in [3.05, 3.63) is 120 Å². The fourth-order valence-corrected chi connectivity index (χ4v) is 6.53. The highest BCUT2D eigenvalue weighted by Gasteiger charge is 2.35. The highest BCUT2D eigenvalue weighted by Crippen LogP contribution is 2.27. The normalized spacial score (nSPS) is 12.1. The molecule has 1 N–H and O–H groups in total. The van der Waals surface area contributed by atoms with Gasteiger partial charge in [0.05, 0.1) is 24.3 Å². The Balaban J connectivity index is 1.82. The number of amides is 2. The van der Waals surface area contributed by atoms with Crippen LogP contribution in [0.25, 0.3) is 0 Å². The van der Waals surface area contributed by atoms with E-state index in [9.17, 15) is 18.0 Å². The van der Waals surface area contributed by atoms with E-state index in [1.54, 1.807) is 61.7 Å². The van der Waals surface area contributed by atoms with Gasteiger partial charge in [0.25, 0.3) is 10.0 Å². The van der Waals surface area contributed by atoms with Gasteiger partial charge in [-0.25, -0.2) is 8.42 Å². The molecule has 0 spiro atoms. The molecule has 2 amide bonds. The minimum absolute atomic E-state index is 0.0346. The van der Waals surface area contributed by atoms with Crippen LogP contribution < -0.4 is 19.1 Å². The van der Waals surface area contributed by atoms with Crippen molar-refractivity contribution in [3.8, 4) is 11.5 Å². The molecule has 0 heterocycles. The van der Waals surface area contributed by atoms with Gasteiger partial charge in [-0.05, 0) is 87.4 Å². The highest BCUT2D eigenvalue weighted by molar-refractivity contribution is 7.92. The number of ether oxygens (including phenoxy) is 2. The lowest BCUT2D eigenvalue weighted by atomic mass is 10.0. The van der Waals surface area contributed by atoms with Crippen molar-refractivity contribution in [3.63, 3.8) is 0 Å². The second-order valence-corrected chi connectivity index (χ2v) is 13.9. The molecule has 0 aliphatic heterocycles. The molecule has 4 aromatic carbocycles. The monoisotopic (exact) mass is 657 g/mol. The summed E-state index contributed by atoms with van der Waals surface area (Å²) in [5, 5.41) is 3.04. The number of sulfonamides is 1. The number of nitrogens with one attached hydrogen (secondary N) is 1. The van der Waals surface area contributed by atoms with Crippen LogP contribution in [-0.2, 0) is 32.6 Å². The Morgan fingerprint density at radius 1 is 0.809 bits per heavy atom. The number of benzene rings is 4. The Morgan fingerprint density at radius 3 is 2.02 bits per heavy atom. The zero-order valence-corrected chi connectivity index (χ0v) is 28.4. The lowest BCUT2D eigenvalue weighted by Gasteiger charge is -2.35. The fraction of sp³-hybridized carbons (Fsp3) is 0.297. The van der Waals surface area contributed by atoms with Gasteiger partial charge in [0.2, 0.25) is 11.8 Å². The Labute approximate surface area is 278 Å². The number of carbonyl (C=O) groups is 2. The first-order valence-electron chi connectivity index (χ1n) is 15.5. The van der Waals surface area contributed by atoms with Crippen molar-refractivity contribution in [2.24, 2.45) is 0 Å². The molecule has 0 saturated carbocycles. The van der Waals surface area contributed by atoms with Crippen LogP contribution >= 0.6 is 0 Å². The molecule has 0 unspecified atom stereocenters. The summed E-state index contributed by atoms with van der Waals surface area (Å²) in [5.74, 6) is 0.264. The van der Waals surface area contributed by atoms with Crippen molar-refractivity contribution in [2.45, 2.75) is 57.1 Å². The first-order valence-corrected chi connectivity index (χ1v) is 16.9. The molecule has 4 rings (SSSR count). The third-order valence-electron chi connectivity index (χ3n) is 7.30. The summed E-state index contributed by atoms with van der Waals surface area (Å²) in [4.78, 5) is 30.1. The van der Waals surface area contributed by atoms with E-state index in [4.69, 9.17) is 9.47 Å². The molecule has 4 aromatic rings. The van der Waals surface area contributed by atoms with Crippen LogP contribution in [0.15, 0.2) is 114 Å². The largest absolute Gasteiger partial charge is 0.497 e. The fourth-order valence-electron chi connectivity index (χ4n) is 5.10. The van der Waals surface area contributed by atoms with Crippen LogP contribution in [0, 0.1) is 0 Å². The molecule has 0 bridgehead atoms. The molecule has 0 aromatic heterocycles. The summed E-state index contributed by atoms with van der Waals surface area (Å²) in [6, 6.07) is 30.2. The van der Waals surface area contributed by atoms with Gasteiger partial charge in [0.15, 0.2) is 0 Å². The SMILES string of the molecule is CCOc1ccc(N(CC(=O)N(Cc2cccc(OC)c2)[C@@H](Cc2ccccc2)C(=O)NC(C)(C)C)S(=O)(=O)c2ccccc2)cc1. The Kier molecular flexibility index (Phi) is 11.7. The van der Waals surface area contributed by atoms with E-state index >= 15 is 0 Å². The molecular weight excluding hydrogens is 614 g/mol. The molecule has 47 heavy (non-hydrogen) atoms. The van der Waals surface area contributed by atoms with Gasteiger partial charge < -0.3 is 19.7 Å². The van der Waals surface area contributed by atoms with Gasteiger partial charge in [-0.3, -0.25) is 13.9 Å². The Morgan fingerprint density at radius 2 is 1.43 bits per heavy atom. The van der Waals surface area contributed by atoms with Crippen molar-refractivity contribution in [1.29, 1.82) is 0 Å². The molecule has 0 radical (unpaired) electrons. The standard InChI is InChI=1S/C37H43N3O6S/c1-6-46-31-22-20-30(21-23-31)40(47(43,44)33-18-11-8-12-19-33)27-35(41)39(26-29-16-13-17-32(24-29)45-5)34(36(42)38-37(2,3)4)25-28-14-9-7-10-15-28/h7-24,34H,6,25-27H2,1-5H3,(H,38,42)/t34-/m0/s1. The van der Waals surface area contributed by atoms with Crippen molar-refractivity contribution in [2.75, 3.05) is 24.6 Å². The van der Waals surface area contributed by atoms with Crippen LogP contribution in [0.3, 0.4) is 0 Å². The maximum Gasteiger partial charge on any atom is 0.264 e.